The first-order chi connectivity index (χ1) is 13.8. The topological polar surface area (TPSA) is 23.8 Å². The minimum absolute atomic E-state index is 0.687. The number of benzene rings is 1. The third kappa shape index (κ3) is 6.56. The number of allylic oxidation sites excluding steroid dienone is 2. The SMILES string of the molecule is CC[C@H]1CC[C@H](CCC2CCC(/C=C/C#Cc3ccc(C#N)cc3)CC2)CC1. The summed E-state index contributed by atoms with van der Waals surface area (Å²) in [6.45, 7) is 2.36. The number of hydrogen-bond donors (Lipinski definition) is 0. The lowest BCUT2D eigenvalue weighted by atomic mass is 9.75. The van der Waals surface area contributed by atoms with Gasteiger partial charge in [0.25, 0.3) is 0 Å². The highest BCUT2D eigenvalue weighted by molar-refractivity contribution is 5.41. The van der Waals surface area contributed by atoms with Crippen molar-refractivity contribution in [1.82, 2.24) is 0 Å². The van der Waals surface area contributed by atoms with Crippen LogP contribution in [0, 0.1) is 46.8 Å². The smallest absolute Gasteiger partial charge is 0.0991 e. The lowest BCUT2D eigenvalue weighted by molar-refractivity contribution is 0.224. The first-order valence-corrected chi connectivity index (χ1v) is 11.4. The summed E-state index contributed by atoms with van der Waals surface area (Å²) < 4.78 is 0. The fraction of sp³-hybridized carbons (Fsp3) is 0.593. The average Bonchev–Trinajstić information content (AvgIpc) is 2.77. The van der Waals surface area contributed by atoms with E-state index in [1.165, 1.54) is 70.6 Å². The third-order valence-electron chi connectivity index (χ3n) is 7.10. The molecule has 2 fully saturated rings. The van der Waals surface area contributed by atoms with E-state index in [9.17, 15) is 0 Å². The van der Waals surface area contributed by atoms with Crippen LogP contribution in [-0.4, -0.2) is 0 Å². The van der Waals surface area contributed by atoms with Crippen molar-refractivity contribution in [3.05, 3.63) is 47.5 Å². The predicted molar refractivity (Wildman–Crippen MR) is 118 cm³/mol. The summed E-state index contributed by atoms with van der Waals surface area (Å²) in [4.78, 5) is 0. The van der Waals surface area contributed by atoms with Gasteiger partial charge in [-0.25, -0.2) is 0 Å². The lowest BCUT2D eigenvalue weighted by Crippen LogP contribution is -2.17. The second-order valence-electron chi connectivity index (χ2n) is 8.97. The molecule has 0 radical (unpaired) electrons. The molecule has 0 unspecified atom stereocenters. The molecular formula is C27H35N. The summed E-state index contributed by atoms with van der Waals surface area (Å²) in [5.41, 5.74) is 1.66. The van der Waals surface area contributed by atoms with Crippen LogP contribution in [0.4, 0.5) is 0 Å². The summed E-state index contributed by atoms with van der Waals surface area (Å²) in [5.74, 6) is 10.1. The lowest BCUT2D eigenvalue weighted by Gasteiger charge is -2.31. The number of nitrogens with zero attached hydrogens (tertiary/aromatic N) is 1. The van der Waals surface area contributed by atoms with Crippen molar-refractivity contribution < 1.29 is 0 Å². The van der Waals surface area contributed by atoms with Crippen LogP contribution in [0.15, 0.2) is 36.4 Å². The van der Waals surface area contributed by atoms with Crippen molar-refractivity contribution in [2.24, 2.45) is 23.7 Å². The minimum Gasteiger partial charge on any atom is -0.192 e. The maximum absolute atomic E-state index is 8.83. The van der Waals surface area contributed by atoms with E-state index in [-0.39, 0.29) is 0 Å². The molecule has 3 rings (SSSR count). The summed E-state index contributed by atoms with van der Waals surface area (Å²) in [7, 11) is 0. The first-order valence-electron chi connectivity index (χ1n) is 11.4. The Morgan fingerprint density at radius 2 is 1.36 bits per heavy atom. The quantitative estimate of drug-likeness (QED) is 0.498. The molecule has 1 aromatic carbocycles. The molecule has 1 nitrogen and oxygen atoms in total. The van der Waals surface area contributed by atoms with Crippen LogP contribution in [0.5, 0.6) is 0 Å². The van der Waals surface area contributed by atoms with E-state index in [1.807, 2.05) is 30.3 Å². The molecule has 0 saturated heterocycles. The Hall–Kier alpha value is -1.99. The molecule has 1 heteroatoms. The zero-order valence-electron chi connectivity index (χ0n) is 17.5. The van der Waals surface area contributed by atoms with Crippen LogP contribution < -0.4 is 0 Å². The molecule has 0 aliphatic heterocycles. The summed E-state index contributed by atoms with van der Waals surface area (Å²) in [6, 6.07) is 9.62. The fourth-order valence-corrected chi connectivity index (χ4v) is 5.01. The van der Waals surface area contributed by atoms with Crippen LogP contribution in [0.1, 0.15) is 88.7 Å². The van der Waals surface area contributed by atoms with Gasteiger partial charge in [-0.1, -0.05) is 69.8 Å². The van der Waals surface area contributed by atoms with Crippen molar-refractivity contribution in [3.63, 3.8) is 0 Å². The van der Waals surface area contributed by atoms with Gasteiger partial charge < -0.3 is 0 Å². The molecule has 148 valence electrons. The molecule has 0 amide bonds. The molecule has 1 aromatic rings. The molecular weight excluding hydrogens is 338 g/mol. The normalized spacial score (nSPS) is 27.7. The molecule has 28 heavy (non-hydrogen) atoms. The van der Waals surface area contributed by atoms with Gasteiger partial charge in [-0.05, 0) is 79.7 Å². The van der Waals surface area contributed by atoms with E-state index in [2.05, 4.69) is 30.9 Å². The van der Waals surface area contributed by atoms with Gasteiger partial charge in [0.15, 0.2) is 0 Å². The third-order valence-corrected chi connectivity index (χ3v) is 7.10. The molecule has 0 spiro atoms. The van der Waals surface area contributed by atoms with Gasteiger partial charge in [-0.3, -0.25) is 0 Å². The molecule has 0 atom stereocenters. The second-order valence-corrected chi connectivity index (χ2v) is 8.97. The minimum atomic E-state index is 0.687. The Balaban J connectivity index is 1.33. The van der Waals surface area contributed by atoms with E-state index in [4.69, 9.17) is 5.26 Å². The van der Waals surface area contributed by atoms with E-state index in [0.29, 0.717) is 11.5 Å². The average molecular weight is 374 g/mol. The molecule has 0 heterocycles. The first kappa shape index (κ1) is 20.7. The zero-order chi connectivity index (χ0) is 19.6. The molecule has 2 aliphatic rings. The van der Waals surface area contributed by atoms with Crippen LogP contribution in [0.25, 0.3) is 0 Å². The molecule has 2 aliphatic carbocycles. The molecule has 2 saturated carbocycles. The highest BCUT2D eigenvalue weighted by atomic mass is 14.3. The van der Waals surface area contributed by atoms with Gasteiger partial charge in [0.2, 0.25) is 0 Å². The van der Waals surface area contributed by atoms with Crippen molar-refractivity contribution in [1.29, 1.82) is 5.26 Å². The van der Waals surface area contributed by atoms with Gasteiger partial charge in [0, 0.05) is 5.56 Å². The van der Waals surface area contributed by atoms with Gasteiger partial charge in [0.05, 0.1) is 11.6 Å². The monoisotopic (exact) mass is 373 g/mol. The van der Waals surface area contributed by atoms with Crippen LogP contribution >= 0.6 is 0 Å². The van der Waals surface area contributed by atoms with E-state index < -0.39 is 0 Å². The second kappa shape index (κ2) is 11.1. The molecule has 0 aromatic heterocycles. The fourth-order valence-electron chi connectivity index (χ4n) is 5.01. The highest BCUT2D eigenvalue weighted by Crippen LogP contribution is 2.37. The zero-order valence-corrected chi connectivity index (χ0v) is 17.5. The highest BCUT2D eigenvalue weighted by Gasteiger charge is 2.23. The Morgan fingerprint density at radius 3 is 1.93 bits per heavy atom. The van der Waals surface area contributed by atoms with Crippen molar-refractivity contribution in [2.45, 2.75) is 77.6 Å². The molecule has 0 bridgehead atoms. The van der Waals surface area contributed by atoms with Gasteiger partial charge in [-0.2, -0.15) is 5.26 Å². The summed E-state index contributed by atoms with van der Waals surface area (Å²) >= 11 is 0. The van der Waals surface area contributed by atoms with Gasteiger partial charge >= 0.3 is 0 Å². The van der Waals surface area contributed by atoms with Gasteiger partial charge in [-0.15, -0.1) is 0 Å². The number of hydrogen-bond acceptors (Lipinski definition) is 1. The van der Waals surface area contributed by atoms with Crippen molar-refractivity contribution in [3.8, 4) is 17.9 Å². The van der Waals surface area contributed by atoms with Crippen molar-refractivity contribution in [2.75, 3.05) is 0 Å². The maximum atomic E-state index is 8.83. The van der Waals surface area contributed by atoms with E-state index in [0.717, 1.165) is 23.3 Å². The maximum Gasteiger partial charge on any atom is 0.0991 e. The van der Waals surface area contributed by atoms with Crippen molar-refractivity contribution >= 4 is 0 Å². The van der Waals surface area contributed by atoms with E-state index in [1.54, 1.807) is 0 Å². The van der Waals surface area contributed by atoms with E-state index >= 15 is 0 Å². The standard InChI is InChI=1S/C27H35N/c1-2-22-7-9-25(10-8-22)15-16-26-13-11-23(12-14-26)5-3-4-6-24-17-19-27(21-28)20-18-24/h3,5,17-20,22-23,25-26H,2,7-16H2,1H3/b5-3+/t22-,23?,25-,26?. The van der Waals surface area contributed by atoms with Crippen LogP contribution in [-0.2, 0) is 0 Å². The largest absolute Gasteiger partial charge is 0.192 e. The Bertz CT molecular complexity index is 708. The summed E-state index contributed by atoms with van der Waals surface area (Å²) in [5, 5.41) is 8.83. The number of nitriles is 1. The number of rotatable bonds is 5. The van der Waals surface area contributed by atoms with Crippen LogP contribution in [0.2, 0.25) is 0 Å². The van der Waals surface area contributed by atoms with Crippen LogP contribution in [0.3, 0.4) is 0 Å². The Morgan fingerprint density at radius 1 is 0.821 bits per heavy atom. The Kier molecular flexibility index (Phi) is 8.23. The summed E-state index contributed by atoms with van der Waals surface area (Å²) in [6.07, 6.45) is 20.1. The van der Waals surface area contributed by atoms with Gasteiger partial charge in [0.1, 0.15) is 0 Å². The Labute approximate surface area is 172 Å². The molecule has 0 N–H and O–H groups in total. The predicted octanol–water partition coefficient (Wildman–Crippen LogP) is 7.27.